The number of carbonyl (C=O) groups is 3. The number of hydrogen-bond donors (Lipinski definition) is 2. The molecule has 2 unspecified atom stereocenters. The summed E-state index contributed by atoms with van der Waals surface area (Å²) in [6.07, 6.45) is 0.641. The third-order valence-electron chi connectivity index (χ3n) is 4.99. The second kappa shape index (κ2) is 9.63. The third kappa shape index (κ3) is 5.30. The fourth-order valence-electron chi connectivity index (χ4n) is 3.56. The Labute approximate surface area is 180 Å². The number of anilines is 1. The Balaban J connectivity index is 1.66. The maximum atomic E-state index is 12.9. The number of benzene rings is 2. The number of carbonyl (C=O) groups excluding carboxylic acids is 3. The molecule has 2 aromatic carbocycles. The van der Waals surface area contributed by atoms with Crippen molar-refractivity contribution < 1.29 is 19.1 Å². The van der Waals surface area contributed by atoms with Crippen LogP contribution in [0.25, 0.3) is 0 Å². The molecule has 0 radical (unpaired) electrons. The largest absolute Gasteiger partial charge is 0.452 e. The number of fused-ring (bicyclic) bond motifs is 1. The van der Waals surface area contributed by atoms with Crippen LogP contribution in [0, 0.1) is 0 Å². The Bertz CT molecular complexity index is 932. The average molecular weight is 430 g/mol. The lowest BCUT2D eigenvalue weighted by Crippen LogP contribution is -2.43. The molecule has 1 heterocycles. The van der Waals surface area contributed by atoms with Crippen LogP contribution in [0.3, 0.4) is 0 Å². The van der Waals surface area contributed by atoms with E-state index in [9.17, 15) is 14.4 Å². The molecule has 3 rings (SSSR count). The smallest absolute Gasteiger partial charge is 0.312 e. The highest BCUT2D eigenvalue weighted by Gasteiger charge is 2.29. The van der Waals surface area contributed by atoms with Crippen molar-refractivity contribution in [2.45, 2.75) is 38.3 Å². The van der Waals surface area contributed by atoms with E-state index < -0.39 is 24.1 Å². The summed E-state index contributed by atoms with van der Waals surface area (Å²) in [7, 11) is 0. The lowest BCUT2D eigenvalue weighted by atomic mass is 10.0. The van der Waals surface area contributed by atoms with Gasteiger partial charge in [0.15, 0.2) is 6.10 Å². The zero-order valence-corrected chi connectivity index (χ0v) is 17.4. The van der Waals surface area contributed by atoms with Gasteiger partial charge >= 0.3 is 12.0 Å². The molecule has 0 spiro atoms. The maximum absolute atomic E-state index is 12.9. The molecule has 3 N–H and O–H groups in total. The molecule has 0 aliphatic carbocycles. The molecule has 0 saturated heterocycles. The van der Waals surface area contributed by atoms with Crippen LogP contribution in [0.1, 0.15) is 36.9 Å². The van der Waals surface area contributed by atoms with Gasteiger partial charge in [0.25, 0.3) is 5.91 Å². The van der Waals surface area contributed by atoms with Crippen LogP contribution >= 0.6 is 11.6 Å². The molecule has 0 aromatic heterocycles. The van der Waals surface area contributed by atoms with Gasteiger partial charge in [-0.15, -0.1) is 0 Å². The molecular weight excluding hydrogens is 406 g/mol. The molecule has 158 valence electrons. The van der Waals surface area contributed by atoms with Crippen LogP contribution in [0.2, 0.25) is 5.02 Å². The van der Waals surface area contributed by atoms with Crippen molar-refractivity contribution in [3.63, 3.8) is 0 Å². The Morgan fingerprint density at radius 1 is 1.17 bits per heavy atom. The van der Waals surface area contributed by atoms with Gasteiger partial charge in [0.1, 0.15) is 0 Å². The summed E-state index contributed by atoms with van der Waals surface area (Å²) in [6.45, 7) is 2.13. The number of urea groups is 1. The third-order valence-corrected chi connectivity index (χ3v) is 5.24. The summed E-state index contributed by atoms with van der Waals surface area (Å²) in [5, 5.41) is 3.05. The minimum Gasteiger partial charge on any atom is -0.452 e. The summed E-state index contributed by atoms with van der Waals surface area (Å²) >= 11 is 5.90. The predicted octanol–water partition coefficient (Wildman–Crippen LogP) is 3.35. The lowest BCUT2D eigenvalue weighted by molar-refractivity contribution is -0.154. The molecular formula is C22H24ClN3O4. The summed E-state index contributed by atoms with van der Waals surface area (Å²) in [5.41, 5.74) is 7.85. The Morgan fingerprint density at radius 2 is 1.87 bits per heavy atom. The first-order valence-electron chi connectivity index (χ1n) is 9.75. The molecule has 0 bridgehead atoms. The number of rotatable bonds is 6. The van der Waals surface area contributed by atoms with E-state index in [0.29, 0.717) is 17.1 Å². The van der Waals surface area contributed by atoms with Crippen molar-refractivity contribution in [1.29, 1.82) is 0 Å². The van der Waals surface area contributed by atoms with Crippen molar-refractivity contribution in [3.8, 4) is 0 Å². The second-order valence-electron chi connectivity index (χ2n) is 7.17. The number of para-hydroxylation sites is 1. The highest BCUT2D eigenvalue weighted by Crippen LogP contribution is 2.28. The van der Waals surface area contributed by atoms with E-state index in [1.54, 1.807) is 36.1 Å². The van der Waals surface area contributed by atoms with E-state index >= 15 is 0 Å². The first-order valence-corrected chi connectivity index (χ1v) is 10.1. The standard InChI is InChI=1S/C22H24ClN3O4/c1-14(21(28)26-12-4-6-16-5-2-3-7-19(16)26)30-20(27)13-18(25-22(24)29)15-8-10-17(23)11-9-15/h2-3,5,7-11,14,18H,4,6,12-13H2,1H3,(H3,24,25,29). The van der Waals surface area contributed by atoms with Crippen LogP contribution in [0.5, 0.6) is 0 Å². The van der Waals surface area contributed by atoms with Gasteiger partial charge in [-0.3, -0.25) is 9.59 Å². The van der Waals surface area contributed by atoms with Gasteiger partial charge in [0.05, 0.1) is 12.5 Å². The first-order chi connectivity index (χ1) is 14.3. The van der Waals surface area contributed by atoms with Crippen molar-refractivity contribution in [1.82, 2.24) is 5.32 Å². The fraction of sp³-hybridized carbons (Fsp3) is 0.318. The van der Waals surface area contributed by atoms with Crippen molar-refractivity contribution >= 4 is 35.2 Å². The molecule has 2 aromatic rings. The van der Waals surface area contributed by atoms with Gasteiger partial charge in [-0.25, -0.2) is 4.79 Å². The van der Waals surface area contributed by atoms with Gasteiger partial charge < -0.3 is 20.7 Å². The molecule has 1 aliphatic rings. The SMILES string of the molecule is CC(OC(=O)CC(NC(N)=O)c1ccc(Cl)cc1)C(=O)N1CCCc2ccccc21. The zero-order valence-electron chi connectivity index (χ0n) is 16.6. The summed E-state index contributed by atoms with van der Waals surface area (Å²) in [4.78, 5) is 38.4. The zero-order chi connectivity index (χ0) is 21.7. The average Bonchev–Trinajstić information content (AvgIpc) is 2.72. The number of hydrogen-bond acceptors (Lipinski definition) is 4. The molecule has 2 atom stereocenters. The van der Waals surface area contributed by atoms with E-state index in [2.05, 4.69) is 5.32 Å². The lowest BCUT2D eigenvalue weighted by Gasteiger charge is -2.31. The number of nitrogens with one attached hydrogen (secondary N) is 1. The number of aryl methyl sites for hydroxylation is 1. The van der Waals surface area contributed by atoms with Crippen LogP contribution in [0.15, 0.2) is 48.5 Å². The number of esters is 1. The molecule has 3 amide bonds. The number of amides is 3. The summed E-state index contributed by atoms with van der Waals surface area (Å²) in [6, 6.07) is 12.9. The molecule has 7 nitrogen and oxygen atoms in total. The maximum Gasteiger partial charge on any atom is 0.312 e. The number of primary amides is 1. The predicted molar refractivity (Wildman–Crippen MR) is 114 cm³/mol. The minimum atomic E-state index is -0.955. The number of nitrogens with two attached hydrogens (primary N) is 1. The molecule has 8 heteroatoms. The van der Waals surface area contributed by atoms with E-state index in [0.717, 1.165) is 24.1 Å². The Morgan fingerprint density at radius 3 is 2.57 bits per heavy atom. The number of halogens is 1. The number of nitrogens with zero attached hydrogens (tertiary/aromatic N) is 1. The molecule has 0 saturated carbocycles. The molecule has 0 fully saturated rings. The minimum absolute atomic E-state index is 0.168. The summed E-state index contributed by atoms with van der Waals surface area (Å²) in [5.74, 6) is -0.892. The highest BCUT2D eigenvalue weighted by molar-refractivity contribution is 6.30. The number of ether oxygens (including phenoxy) is 1. The van der Waals surface area contributed by atoms with E-state index in [-0.39, 0.29) is 12.3 Å². The molecule has 30 heavy (non-hydrogen) atoms. The van der Waals surface area contributed by atoms with Gasteiger partial charge in [-0.1, -0.05) is 41.9 Å². The summed E-state index contributed by atoms with van der Waals surface area (Å²) < 4.78 is 5.39. The highest BCUT2D eigenvalue weighted by atomic mass is 35.5. The van der Waals surface area contributed by atoms with Gasteiger partial charge in [-0.2, -0.15) is 0 Å². The van der Waals surface area contributed by atoms with Gasteiger partial charge in [-0.05, 0) is 49.1 Å². The van der Waals surface area contributed by atoms with Crippen molar-refractivity contribution in [2.24, 2.45) is 5.73 Å². The van der Waals surface area contributed by atoms with Crippen LogP contribution in [0.4, 0.5) is 10.5 Å². The van der Waals surface area contributed by atoms with E-state index in [4.69, 9.17) is 22.1 Å². The topological polar surface area (TPSA) is 102 Å². The normalized spacial score (nSPS) is 14.9. The Kier molecular flexibility index (Phi) is 6.95. The molecule has 1 aliphatic heterocycles. The monoisotopic (exact) mass is 429 g/mol. The van der Waals surface area contributed by atoms with Gasteiger partial charge in [0, 0.05) is 17.3 Å². The quantitative estimate of drug-likeness (QED) is 0.687. The van der Waals surface area contributed by atoms with E-state index in [1.165, 1.54) is 0 Å². The van der Waals surface area contributed by atoms with Crippen LogP contribution in [-0.2, 0) is 20.7 Å². The van der Waals surface area contributed by atoms with E-state index in [1.807, 2.05) is 24.3 Å². The van der Waals surface area contributed by atoms with Gasteiger partial charge in [0.2, 0.25) is 0 Å². The van der Waals surface area contributed by atoms with Crippen LogP contribution < -0.4 is 16.0 Å². The second-order valence-corrected chi connectivity index (χ2v) is 7.61. The van der Waals surface area contributed by atoms with Crippen molar-refractivity contribution in [2.75, 3.05) is 11.4 Å². The fourth-order valence-corrected chi connectivity index (χ4v) is 3.69. The Hall–Kier alpha value is -3.06. The van der Waals surface area contributed by atoms with Crippen LogP contribution in [-0.4, -0.2) is 30.6 Å². The van der Waals surface area contributed by atoms with Crippen molar-refractivity contribution in [3.05, 3.63) is 64.7 Å². The first kappa shape index (κ1) is 21.6.